The van der Waals surface area contributed by atoms with Crippen LogP contribution in [0.3, 0.4) is 0 Å². The van der Waals surface area contributed by atoms with Gasteiger partial charge in [-0.3, -0.25) is 0 Å². The van der Waals surface area contributed by atoms with Gasteiger partial charge < -0.3 is 9.32 Å². The molecule has 0 saturated heterocycles. The van der Waals surface area contributed by atoms with E-state index in [0.29, 0.717) is 0 Å². The van der Waals surface area contributed by atoms with E-state index >= 15 is 0 Å². The molecule has 0 aliphatic carbocycles. The van der Waals surface area contributed by atoms with Crippen LogP contribution in [0.5, 0.6) is 0 Å². The largest absolute Gasteiger partial charge is 0.455 e. The van der Waals surface area contributed by atoms with Crippen molar-refractivity contribution in [2.75, 3.05) is 4.90 Å². The van der Waals surface area contributed by atoms with Crippen LogP contribution in [0.1, 0.15) is 0 Å². The van der Waals surface area contributed by atoms with Crippen molar-refractivity contribution in [2.45, 2.75) is 0 Å². The molecule has 11 rings (SSSR count). The first-order valence-electron chi connectivity index (χ1n) is 18.0. The molecule has 0 N–H and O–H groups in total. The van der Waals surface area contributed by atoms with E-state index in [9.17, 15) is 0 Å². The second-order valence-corrected chi connectivity index (χ2v) is 14.8. The molecule has 11 aromatic rings. The normalized spacial score (nSPS) is 11.8. The Kier molecular flexibility index (Phi) is 6.76. The first kappa shape index (κ1) is 30.0. The van der Waals surface area contributed by atoms with E-state index in [1.165, 1.54) is 64.0 Å². The minimum atomic E-state index is 0.922. The highest BCUT2D eigenvalue weighted by Gasteiger charge is 2.20. The van der Waals surface area contributed by atoms with Gasteiger partial charge >= 0.3 is 0 Å². The molecule has 3 heteroatoms. The Morgan fingerprint density at radius 2 is 1.02 bits per heavy atom. The average Bonchev–Trinajstić information content (AvgIpc) is 3.80. The fourth-order valence-electron chi connectivity index (χ4n) is 8.06. The molecular weight excluding hydrogens is 663 g/mol. The second-order valence-electron chi connectivity index (χ2n) is 13.7. The van der Waals surface area contributed by atoms with Crippen molar-refractivity contribution >= 4 is 92.1 Å². The molecular formula is C50H31NOS. The molecule has 53 heavy (non-hydrogen) atoms. The average molecular weight is 694 g/mol. The molecule has 2 nitrogen and oxygen atoms in total. The Balaban J connectivity index is 1.12. The van der Waals surface area contributed by atoms with Gasteiger partial charge in [-0.2, -0.15) is 0 Å². The molecule has 0 amide bonds. The summed E-state index contributed by atoms with van der Waals surface area (Å²) in [6, 6.07) is 68.0. The Morgan fingerprint density at radius 1 is 0.358 bits per heavy atom. The highest BCUT2D eigenvalue weighted by atomic mass is 32.1. The van der Waals surface area contributed by atoms with Gasteiger partial charge in [0.25, 0.3) is 0 Å². The number of rotatable bonds is 5. The molecule has 248 valence electrons. The monoisotopic (exact) mass is 693 g/mol. The number of anilines is 3. The van der Waals surface area contributed by atoms with Crippen LogP contribution >= 0.6 is 11.3 Å². The van der Waals surface area contributed by atoms with E-state index in [1.807, 2.05) is 11.3 Å². The third kappa shape index (κ3) is 4.93. The quantitative estimate of drug-likeness (QED) is 0.178. The number of nitrogens with zero attached hydrogens (tertiary/aromatic N) is 1. The van der Waals surface area contributed by atoms with Gasteiger partial charge in [0.2, 0.25) is 0 Å². The number of hydrogen-bond donors (Lipinski definition) is 0. The maximum Gasteiger partial charge on any atom is 0.143 e. The van der Waals surface area contributed by atoms with Crippen molar-refractivity contribution in [1.82, 2.24) is 0 Å². The summed E-state index contributed by atoms with van der Waals surface area (Å²) >= 11 is 1.84. The molecule has 0 radical (unpaired) electrons. The molecule has 0 atom stereocenters. The van der Waals surface area contributed by atoms with E-state index in [1.54, 1.807) is 0 Å². The Morgan fingerprint density at radius 3 is 1.91 bits per heavy atom. The van der Waals surface area contributed by atoms with Crippen LogP contribution in [0.25, 0.3) is 85.9 Å². The topological polar surface area (TPSA) is 16.4 Å². The van der Waals surface area contributed by atoms with Gasteiger partial charge in [-0.05, 0) is 105 Å². The summed E-state index contributed by atoms with van der Waals surface area (Å²) in [5, 5.41) is 9.65. The van der Waals surface area contributed by atoms with Crippen molar-refractivity contribution in [1.29, 1.82) is 0 Å². The van der Waals surface area contributed by atoms with Crippen LogP contribution in [0.15, 0.2) is 192 Å². The van der Waals surface area contributed by atoms with Crippen molar-refractivity contribution in [3.63, 3.8) is 0 Å². The lowest BCUT2D eigenvalue weighted by Crippen LogP contribution is -2.10. The maximum absolute atomic E-state index is 6.63. The molecule has 0 spiro atoms. The summed E-state index contributed by atoms with van der Waals surface area (Å²) in [4.78, 5) is 2.39. The van der Waals surface area contributed by atoms with Crippen molar-refractivity contribution < 1.29 is 4.42 Å². The number of benzene rings is 9. The number of hydrogen-bond acceptors (Lipinski definition) is 3. The van der Waals surface area contributed by atoms with Crippen LogP contribution < -0.4 is 4.90 Å². The molecule has 9 aromatic carbocycles. The number of thiophene rings is 1. The first-order chi connectivity index (χ1) is 26.2. The number of fused-ring (bicyclic) bond motifs is 10. The SMILES string of the molecule is c1ccc(-c2ccc(N(c3cccc(-c4ccc5ccccc5c4)c3)c3ccc4sc5ccc6oc7c8ccccc8ccc7c6c5c4c3)cc2)cc1. The van der Waals surface area contributed by atoms with Gasteiger partial charge in [-0.15, -0.1) is 11.3 Å². The van der Waals surface area contributed by atoms with Crippen LogP contribution in [0.4, 0.5) is 17.1 Å². The van der Waals surface area contributed by atoms with Crippen LogP contribution in [-0.2, 0) is 0 Å². The molecule has 0 aliphatic rings. The first-order valence-corrected chi connectivity index (χ1v) is 18.8. The molecule has 0 fully saturated rings. The van der Waals surface area contributed by atoms with E-state index in [4.69, 9.17) is 4.42 Å². The molecule has 0 bridgehead atoms. The summed E-state index contributed by atoms with van der Waals surface area (Å²) in [6.07, 6.45) is 0. The zero-order chi connectivity index (χ0) is 34.9. The molecule has 2 aromatic heterocycles. The zero-order valence-electron chi connectivity index (χ0n) is 28.7. The second kappa shape index (κ2) is 11.9. The zero-order valence-corrected chi connectivity index (χ0v) is 29.5. The lowest BCUT2D eigenvalue weighted by Gasteiger charge is -2.26. The predicted molar refractivity (Wildman–Crippen MR) is 227 cm³/mol. The molecule has 0 aliphatic heterocycles. The van der Waals surface area contributed by atoms with Gasteiger partial charge in [-0.1, -0.05) is 121 Å². The lowest BCUT2D eigenvalue weighted by atomic mass is 10.00. The maximum atomic E-state index is 6.63. The third-order valence-corrected chi connectivity index (χ3v) is 11.8. The van der Waals surface area contributed by atoms with Gasteiger partial charge in [-0.25, -0.2) is 0 Å². The standard InChI is InChI=1S/C50H31NOS/c1-2-9-32(10-3-1)34-19-22-39(23-20-34)51(40-15-8-14-37(30-40)38-18-17-33-11-4-5-13-36(33)29-38)41-24-27-46-44(31-41)49-47(53-46)28-26-45-48(49)43-25-21-35-12-6-7-16-42(35)50(43)52-45/h1-31H. The van der Waals surface area contributed by atoms with E-state index in [-0.39, 0.29) is 0 Å². The fourth-order valence-corrected chi connectivity index (χ4v) is 9.16. The number of furan rings is 1. The van der Waals surface area contributed by atoms with Gasteiger partial charge in [0.15, 0.2) is 0 Å². The predicted octanol–water partition coefficient (Wildman–Crippen LogP) is 15.1. The van der Waals surface area contributed by atoms with Crippen molar-refractivity contribution in [2.24, 2.45) is 0 Å². The minimum Gasteiger partial charge on any atom is -0.455 e. The highest BCUT2D eigenvalue weighted by Crippen LogP contribution is 2.46. The Hall–Kier alpha value is -6.68. The third-order valence-electron chi connectivity index (χ3n) is 10.6. The van der Waals surface area contributed by atoms with E-state index < -0.39 is 0 Å². The van der Waals surface area contributed by atoms with Crippen molar-refractivity contribution in [3.05, 3.63) is 188 Å². The Labute approximate surface area is 310 Å². The summed E-state index contributed by atoms with van der Waals surface area (Å²) in [6.45, 7) is 0. The van der Waals surface area contributed by atoms with Gasteiger partial charge in [0.1, 0.15) is 11.2 Å². The van der Waals surface area contributed by atoms with Crippen molar-refractivity contribution in [3.8, 4) is 22.3 Å². The molecule has 2 heterocycles. The van der Waals surface area contributed by atoms with Gasteiger partial charge in [0, 0.05) is 53.4 Å². The van der Waals surface area contributed by atoms with E-state index in [0.717, 1.165) is 39.0 Å². The van der Waals surface area contributed by atoms with Crippen LogP contribution in [0, 0.1) is 0 Å². The summed E-state index contributed by atoms with van der Waals surface area (Å²) in [7, 11) is 0. The highest BCUT2D eigenvalue weighted by molar-refractivity contribution is 7.26. The smallest absolute Gasteiger partial charge is 0.143 e. The molecule has 0 unspecified atom stereocenters. The fraction of sp³-hybridized carbons (Fsp3) is 0. The summed E-state index contributed by atoms with van der Waals surface area (Å²) < 4.78 is 9.15. The van der Waals surface area contributed by atoms with Crippen LogP contribution in [-0.4, -0.2) is 0 Å². The lowest BCUT2D eigenvalue weighted by molar-refractivity contribution is 0.673. The summed E-state index contributed by atoms with van der Waals surface area (Å²) in [5.74, 6) is 0. The minimum absolute atomic E-state index is 0.922. The van der Waals surface area contributed by atoms with Gasteiger partial charge in [0.05, 0.1) is 0 Å². The van der Waals surface area contributed by atoms with Crippen LogP contribution in [0.2, 0.25) is 0 Å². The van der Waals surface area contributed by atoms with E-state index in [2.05, 4.69) is 193 Å². The molecule has 0 saturated carbocycles. The summed E-state index contributed by atoms with van der Waals surface area (Å²) in [5.41, 5.74) is 9.97. The Bertz CT molecular complexity index is 3170.